The second-order valence-corrected chi connectivity index (χ2v) is 6.32. The molecule has 0 bridgehead atoms. The van der Waals surface area contributed by atoms with Gasteiger partial charge in [-0.15, -0.1) is 0 Å². The van der Waals surface area contributed by atoms with E-state index in [1.165, 1.54) is 44.3 Å². The van der Waals surface area contributed by atoms with Gasteiger partial charge in [0.25, 0.3) is 0 Å². The maximum atomic E-state index is 2.17. The Hall–Kier alpha value is 0.700. The Morgan fingerprint density at radius 1 is 0.909 bits per heavy atom. The molecule has 2 fully saturated rings. The molecule has 2 heteroatoms. The van der Waals surface area contributed by atoms with Crippen LogP contribution in [0, 0.1) is 5.92 Å². The van der Waals surface area contributed by atoms with Gasteiger partial charge in [0.15, 0.2) is 0 Å². The summed E-state index contributed by atoms with van der Waals surface area (Å²) in [6.07, 6.45) is 9.01. The SMILES string of the molecule is C1CCC[C@@H]2SSC[C@@H]2CC1. The molecule has 0 unspecified atom stereocenters. The maximum Gasteiger partial charge on any atom is 0.0187 e. The lowest BCUT2D eigenvalue weighted by atomic mass is 9.92. The summed E-state index contributed by atoms with van der Waals surface area (Å²) < 4.78 is 0. The monoisotopic (exact) mass is 188 g/mol. The molecule has 2 aliphatic rings. The molecule has 1 heterocycles. The average Bonchev–Trinajstić information content (AvgIpc) is 2.35. The predicted octanol–water partition coefficient (Wildman–Crippen LogP) is 3.72. The second kappa shape index (κ2) is 4.08. The fraction of sp³-hybridized carbons (Fsp3) is 1.00. The van der Waals surface area contributed by atoms with Gasteiger partial charge in [0, 0.05) is 11.0 Å². The van der Waals surface area contributed by atoms with Crippen molar-refractivity contribution in [1.82, 2.24) is 0 Å². The number of rotatable bonds is 0. The van der Waals surface area contributed by atoms with Crippen LogP contribution in [0.4, 0.5) is 0 Å². The van der Waals surface area contributed by atoms with Crippen molar-refractivity contribution < 1.29 is 0 Å². The summed E-state index contributed by atoms with van der Waals surface area (Å²) in [5, 5.41) is 1.03. The van der Waals surface area contributed by atoms with Crippen LogP contribution in [0.25, 0.3) is 0 Å². The standard InChI is InChI=1S/C9H16S2/c1-2-4-6-9-8(5-3-1)7-10-11-9/h8-9H,1-7H2/t8-,9-/m0/s1. The zero-order valence-electron chi connectivity index (χ0n) is 6.92. The van der Waals surface area contributed by atoms with Gasteiger partial charge in [-0.1, -0.05) is 47.3 Å². The van der Waals surface area contributed by atoms with E-state index in [1.54, 1.807) is 0 Å². The Morgan fingerprint density at radius 3 is 2.64 bits per heavy atom. The molecule has 11 heavy (non-hydrogen) atoms. The van der Waals surface area contributed by atoms with Gasteiger partial charge >= 0.3 is 0 Å². The molecule has 0 aromatic carbocycles. The lowest BCUT2D eigenvalue weighted by Crippen LogP contribution is -2.15. The highest BCUT2D eigenvalue weighted by Gasteiger charge is 2.28. The molecule has 1 aliphatic heterocycles. The zero-order chi connectivity index (χ0) is 7.52. The molecule has 0 amide bonds. The van der Waals surface area contributed by atoms with Gasteiger partial charge in [-0.05, 0) is 18.8 Å². The minimum atomic E-state index is 1.03. The summed E-state index contributed by atoms with van der Waals surface area (Å²) in [6.45, 7) is 0. The van der Waals surface area contributed by atoms with E-state index in [-0.39, 0.29) is 0 Å². The van der Waals surface area contributed by atoms with Gasteiger partial charge in [0.05, 0.1) is 0 Å². The first kappa shape index (κ1) is 8.31. The van der Waals surface area contributed by atoms with Crippen molar-refractivity contribution in [3.8, 4) is 0 Å². The van der Waals surface area contributed by atoms with Crippen LogP contribution < -0.4 is 0 Å². The molecule has 0 N–H and O–H groups in total. The summed E-state index contributed by atoms with van der Waals surface area (Å²) in [7, 11) is 4.28. The summed E-state index contributed by atoms with van der Waals surface area (Å²) in [5.74, 6) is 2.51. The third-order valence-corrected chi connectivity index (χ3v) is 5.94. The molecule has 0 spiro atoms. The predicted molar refractivity (Wildman–Crippen MR) is 55.0 cm³/mol. The largest absolute Gasteiger partial charge is 0.0935 e. The van der Waals surface area contributed by atoms with E-state index in [0.717, 1.165) is 11.2 Å². The van der Waals surface area contributed by atoms with E-state index in [0.29, 0.717) is 0 Å². The van der Waals surface area contributed by atoms with Gasteiger partial charge < -0.3 is 0 Å². The van der Waals surface area contributed by atoms with Crippen molar-refractivity contribution in [3.05, 3.63) is 0 Å². The quantitative estimate of drug-likeness (QED) is 0.531. The normalized spacial score (nSPS) is 39.3. The fourth-order valence-corrected chi connectivity index (χ4v) is 5.70. The van der Waals surface area contributed by atoms with Crippen molar-refractivity contribution in [2.24, 2.45) is 5.92 Å². The van der Waals surface area contributed by atoms with Gasteiger partial charge in [-0.3, -0.25) is 0 Å². The summed E-state index contributed by atoms with van der Waals surface area (Å²) in [4.78, 5) is 0. The lowest BCUT2D eigenvalue weighted by molar-refractivity contribution is 0.425. The summed E-state index contributed by atoms with van der Waals surface area (Å²) in [6, 6.07) is 0. The fourth-order valence-electron chi connectivity index (χ4n) is 2.06. The van der Waals surface area contributed by atoms with Crippen molar-refractivity contribution in [1.29, 1.82) is 0 Å². The molecule has 1 saturated heterocycles. The van der Waals surface area contributed by atoms with Crippen LogP contribution in [0.5, 0.6) is 0 Å². The molecule has 0 aromatic rings. The summed E-state index contributed by atoms with van der Waals surface area (Å²) >= 11 is 0. The van der Waals surface area contributed by atoms with Crippen LogP contribution in [0.1, 0.15) is 38.5 Å². The minimum Gasteiger partial charge on any atom is -0.0935 e. The molecule has 0 aromatic heterocycles. The van der Waals surface area contributed by atoms with Crippen LogP contribution in [0.15, 0.2) is 0 Å². The average molecular weight is 188 g/mol. The first-order valence-corrected chi connectivity index (χ1v) is 7.13. The molecular weight excluding hydrogens is 172 g/mol. The molecular formula is C9H16S2. The van der Waals surface area contributed by atoms with Crippen LogP contribution in [-0.4, -0.2) is 11.0 Å². The Balaban J connectivity index is 1.89. The highest BCUT2D eigenvalue weighted by Crippen LogP contribution is 2.46. The highest BCUT2D eigenvalue weighted by atomic mass is 33.1. The zero-order valence-corrected chi connectivity index (χ0v) is 8.55. The van der Waals surface area contributed by atoms with Gasteiger partial charge in [-0.25, -0.2) is 0 Å². The first-order valence-electron chi connectivity index (χ1n) is 4.75. The van der Waals surface area contributed by atoms with Crippen LogP contribution in [0.2, 0.25) is 0 Å². The van der Waals surface area contributed by atoms with Crippen molar-refractivity contribution in [3.63, 3.8) is 0 Å². The molecule has 64 valence electrons. The van der Waals surface area contributed by atoms with Gasteiger partial charge in [-0.2, -0.15) is 0 Å². The highest BCUT2D eigenvalue weighted by molar-refractivity contribution is 8.77. The lowest BCUT2D eigenvalue weighted by Gasteiger charge is -2.20. The van der Waals surface area contributed by atoms with Crippen LogP contribution in [-0.2, 0) is 0 Å². The van der Waals surface area contributed by atoms with Crippen molar-refractivity contribution >= 4 is 21.6 Å². The van der Waals surface area contributed by atoms with Gasteiger partial charge in [0.1, 0.15) is 0 Å². The number of hydrogen-bond acceptors (Lipinski definition) is 2. The van der Waals surface area contributed by atoms with E-state index in [2.05, 4.69) is 21.6 Å². The number of hydrogen-bond donors (Lipinski definition) is 0. The van der Waals surface area contributed by atoms with E-state index in [9.17, 15) is 0 Å². The van der Waals surface area contributed by atoms with Gasteiger partial charge in [0.2, 0.25) is 0 Å². The Labute approximate surface area is 77.3 Å². The Morgan fingerprint density at radius 2 is 1.73 bits per heavy atom. The van der Waals surface area contributed by atoms with Crippen LogP contribution in [0.3, 0.4) is 0 Å². The maximum absolute atomic E-state index is 2.17. The van der Waals surface area contributed by atoms with Crippen LogP contribution >= 0.6 is 21.6 Å². The van der Waals surface area contributed by atoms with Crippen molar-refractivity contribution in [2.75, 3.05) is 5.75 Å². The first-order chi connectivity index (χ1) is 5.47. The molecule has 0 radical (unpaired) electrons. The molecule has 2 atom stereocenters. The smallest absolute Gasteiger partial charge is 0.0187 e. The topological polar surface area (TPSA) is 0 Å². The van der Waals surface area contributed by atoms with E-state index >= 15 is 0 Å². The molecule has 1 aliphatic carbocycles. The Kier molecular flexibility index (Phi) is 3.08. The third kappa shape index (κ3) is 2.09. The molecule has 2 rings (SSSR count). The Bertz CT molecular complexity index is 111. The van der Waals surface area contributed by atoms with Crippen molar-refractivity contribution in [2.45, 2.75) is 43.8 Å². The number of fused-ring (bicyclic) bond motifs is 1. The second-order valence-electron chi connectivity index (χ2n) is 3.67. The van der Waals surface area contributed by atoms with E-state index in [1.807, 2.05) is 0 Å². The van der Waals surface area contributed by atoms with E-state index < -0.39 is 0 Å². The molecule has 0 nitrogen and oxygen atoms in total. The molecule has 1 saturated carbocycles. The summed E-state index contributed by atoms with van der Waals surface area (Å²) in [5.41, 5.74) is 0. The van der Waals surface area contributed by atoms with E-state index in [4.69, 9.17) is 0 Å². The minimum absolute atomic E-state index is 1.03. The third-order valence-electron chi connectivity index (χ3n) is 2.81.